The van der Waals surface area contributed by atoms with Crippen LogP contribution in [0.15, 0.2) is 180 Å². The van der Waals surface area contributed by atoms with Crippen molar-refractivity contribution in [2.24, 2.45) is 0 Å². The SMILES string of the molecule is CC(C)(C)c1ccc(N(c2ccc(C(C)(C)C)cc2)c2cc3c4c(c2)N(c2cccc5c2oc2ccccc25)c2ccc(C(C)(C)C)cc2B4c2sc4cc5c(cc4c2N3c2ccc3c(c2)C2(CCCCC2)c2ccccc2-3)C(C)(C)CCC5(C)C)cc1. The normalized spacial score (nSPS) is 17.0. The molecule has 16 rings (SSSR count). The highest BCUT2D eigenvalue weighted by atomic mass is 32.1. The summed E-state index contributed by atoms with van der Waals surface area (Å²) in [4.78, 5) is 7.92. The number of hydrogen-bond donors (Lipinski definition) is 0. The van der Waals surface area contributed by atoms with Crippen molar-refractivity contribution >= 4 is 117 Å². The number of anilines is 9. The van der Waals surface area contributed by atoms with Gasteiger partial charge in [0.1, 0.15) is 5.58 Å². The van der Waals surface area contributed by atoms with E-state index in [2.05, 4.69) is 281 Å². The highest BCUT2D eigenvalue weighted by Crippen LogP contribution is 2.59. The van der Waals surface area contributed by atoms with E-state index in [4.69, 9.17) is 4.42 Å². The van der Waals surface area contributed by atoms with Gasteiger partial charge in [0.05, 0.1) is 17.1 Å². The second-order valence-electron chi connectivity index (χ2n) is 31.1. The van der Waals surface area contributed by atoms with E-state index < -0.39 is 0 Å². The minimum atomic E-state index is -0.103. The lowest BCUT2D eigenvalue weighted by molar-refractivity contribution is 0.332. The number of hydrogen-bond acceptors (Lipinski definition) is 5. The quantitative estimate of drug-likeness (QED) is 0.160. The van der Waals surface area contributed by atoms with Gasteiger partial charge in [-0.15, -0.1) is 11.3 Å². The summed E-state index contributed by atoms with van der Waals surface area (Å²) in [6.07, 6.45) is 8.43. The number of benzene rings is 9. The fraction of sp³-hybridized carbons (Fsp3) is 0.317. The molecule has 11 aromatic rings. The van der Waals surface area contributed by atoms with Crippen molar-refractivity contribution in [3.8, 4) is 11.1 Å². The highest BCUT2D eigenvalue weighted by molar-refractivity contribution is 7.33. The maximum absolute atomic E-state index is 7.17. The molecule has 0 bridgehead atoms. The van der Waals surface area contributed by atoms with Gasteiger partial charge in [-0.2, -0.15) is 0 Å². The average Bonchev–Trinajstić information content (AvgIpc) is 1.29. The molecular formula is C82H82BN3OS. The first-order valence-electron chi connectivity index (χ1n) is 32.7. The Kier molecular flexibility index (Phi) is 12.1. The van der Waals surface area contributed by atoms with E-state index in [9.17, 15) is 0 Å². The van der Waals surface area contributed by atoms with Crippen molar-refractivity contribution in [2.75, 3.05) is 14.7 Å². The fourth-order valence-corrected chi connectivity index (χ4v) is 17.8. The van der Waals surface area contributed by atoms with Gasteiger partial charge >= 0.3 is 0 Å². The zero-order chi connectivity index (χ0) is 60.8. The molecule has 440 valence electrons. The second kappa shape index (κ2) is 19.1. The fourth-order valence-electron chi connectivity index (χ4n) is 16.5. The molecule has 88 heavy (non-hydrogen) atoms. The molecule has 0 unspecified atom stereocenters. The molecule has 9 aromatic carbocycles. The van der Waals surface area contributed by atoms with Crippen molar-refractivity contribution in [2.45, 2.75) is 167 Å². The van der Waals surface area contributed by atoms with Gasteiger partial charge in [-0.3, -0.25) is 0 Å². The number of furan rings is 1. The van der Waals surface area contributed by atoms with Crippen LogP contribution in [0.25, 0.3) is 43.2 Å². The lowest BCUT2D eigenvalue weighted by Crippen LogP contribution is -2.60. The smallest absolute Gasteiger partial charge is 0.264 e. The van der Waals surface area contributed by atoms with E-state index in [-0.39, 0.29) is 39.2 Å². The molecule has 1 fully saturated rings. The minimum absolute atomic E-state index is 0.0136. The summed E-state index contributed by atoms with van der Waals surface area (Å²) in [5.74, 6) is 0. The lowest BCUT2D eigenvalue weighted by Gasteiger charge is -2.45. The van der Waals surface area contributed by atoms with Crippen LogP contribution in [0.5, 0.6) is 0 Å². The maximum Gasteiger partial charge on any atom is 0.264 e. The van der Waals surface area contributed by atoms with Gasteiger partial charge in [-0.05, 0) is 193 Å². The summed E-state index contributed by atoms with van der Waals surface area (Å²) in [6.45, 7) is 30.9. The number of thiophene rings is 1. The van der Waals surface area contributed by atoms with Gasteiger partial charge < -0.3 is 19.1 Å². The van der Waals surface area contributed by atoms with Crippen LogP contribution in [0.4, 0.5) is 51.2 Å². The van der Waals surface area contributed by atoms with Crippen molar-refractivity contribution in [3.05, 3.63) is 215 Å². The predicted molar refractivity (Wildman–Crippen MR) is 378 cm³/mol. The molecule has 0 saturated heterocycles. The molecule has 1 spiro atoms. The van der Waals surface area contributed by atoms with Gasteiger partial charge in [-0.25, -0.2) is 0 Å². The minimum Gasteiger partial charge on any atom is -0.454 e. The van der Waals surface area contributed by atoms with Crippen LogP contribution in [0.1, 0.15) is 174 Å². The first kappa shape index (κ1) is 55.5. The summed E-state index contributed by atoms with van der Waals surface area (Å²) in [5.41, 5.74) is 27.6. The van der Waals surface area contributed by atoms with E-state index in [0.717, 1.165) is 56.8 Å². The molecule has 2 aromatic heterocycles. The molecule has 2 aliphatic heterocycles. The molecule has 4 nitrogen and oxygen atoms in total. The van der Waals surface area contributed by atoms with Gasteiger partial charge in [0.25, 0.3) is 6.71 Å². The van der Waals surface area contributed by atoms with Crippen LogP contribution in [0, 0.1) is 0 Å². The summed E-state index contributed by atoms with van der Waals surface area (Å²) in [7, 11) is 0. The molecule has 3 aliphatic carbocycles. The standard InChI is InChI=1S/C82H82BN3OS/c1-77(2,3)50-28-33-53(34-29-50)84(54-35-30-51(31-36-54)78(4,5)6)56-46-69-73-70(47-56)86(68-26-21-24-60-59-23-16-18-27-71(59)87-75(60)68)67-39-32-52(79(7,8)9)44-66(67)83(73)76-74(61-48-64-65(49-72(61)88-76)81(12,13)43-42-80(64,10)11)85(69)55-37-38-58-57-22-15-17-25-62(57)82(63(58)45-55)40-19-14-20-41-82/h15-18,21-39,44-49H,14,19-20,40-43H2,1-13H3. The third-order valence-electron chi connectivity index (χ3n) is 21.6. The van der Waals surface area contributed by atoms with Gasteiger partial charge in [0, 0.05) is 65.2 Å². The van der Waals surface area contributed by atoms with E-state index in [0.29, 0.717) is 0 Å². The first-order chi connectivity index (χ1) is 42.0. The molecule has 6 heteroatoms. The van der Waals surface area contributed by atoms with Crippen molar-refractivity contribution in [1.82, 2.24) is 0 Å². The van der Waals surface area contributed by atoms with Gasteiger partial charge in [0.15, 0.2) is 5.58 Å². The molecule has 0 amide bonds. The Bertz CT molecular complexity index is 4620. The summed E-state index contributed by atoms with van der Waals surface area (Å²) in [6, 6.07) is 69.2. The van der Waals surface area contributed by atoms with Gasteiger partial charge in [-0.1, -0.05) is 206 Å². The Hall–Kier alpha value is -7.80. The van der Waals surface area contributed by atoms with E-state index in [1.54, 1.807) is 0 Å². The lowest BCUT2D eigenvalue weighted by atomic mass is 9.36. The second-order valence-corrected chi connectivity index (χ2v) is 32.2. The third-order valence-corrected chi connectivity index (χ3v) is 22.8. The summed E-state index contributed by atoms with van der Waals surface area (Å²) < 4.78 is 9.95. The first-order valence-corrected chi connectivity index (χ1v) is 33.5. The summed E-state index contributed by atoms with van der Waals surface area (Å²) in [5, 5.41) is 3.60. The van der Waals surface area contributed by atoms with Crippen LogP contribution < -0.4 is 30.4 Å². The molecule has 0 N–H and O–H groups in total. The molecule has 1 saturated carbocycles. The number of rotatable bonds is 5. The largest absolute Gasteiger partial charge is 0.454 e. The third kappa shape index (κ3) is 8.28. The monoisotopic (exact) mass is 1170 g/mol. The molecule has 5 aliphatic rings. The molecular weight excluding hydrogens is 1090 g/mol. The van der Waals surface area contributed by atoms with E-state index >= 15 is 0 Å². The van der Waals surface area contributed by atoms with E-state index in [1.165, 1.54) is 137 Å². The van der Waals surface area contributed by atoms with Crippen LogP contribution in [0.3, 0.4) is 0 Å². The van der Waals surface area contributed by atoms with Crippen LogP contribution in [-0.4, -0.2) is 6.71 Å². The van der Waals surface area contributed by atoms with Crippen molar-refractivity contribution < 1.29 is 4.42 Å². The van der Waals surface area contributed by atoms with E-state index in [1.807, 2.05) is 11.3 Å². The zero-order valence-corrected chi connectivity index (χ0v) is 54.7. The Morgan fingerprint density at radius 3 is 1.72 bits per heavy atom. The highest BCUT2D eigenvalue weighted by Gasteiger charge is 2.49. The number of nitrogens with zero attached hydrogens (tertiary/aromatic N) is 3. The average molecular weight is 1170 g/mol. The Labute approximate surface area is 526 Å². The zero-order valence-electron chi connectivity index (χ0n) is 53.9. The Balaban J connectivity index is 1.06. The number of para-hydroxylation sites is 2. The van der Waals surface area contributed by atoms with Crippen LogP contribution in [0.2, 0.25) is 0 Å². The Morgan fingerprint density at radius 1 is 0.455 bits per heavy atom. The Morgan fingerprint density at radius 2 is 1.05 bits per heavy atom. The molecule has 0 atom stereocenters. The van der Waals surface area contributed by atoms with Crippen molar-refractivity contribution in [3.63, 3.8) is 0 Å². The number of fused-ring (bicyclic) bond motifs is 15. The van der Waals surface area contributed by atoms with Crippen molar-refractivity contribution in [1.29, 1.82) is 0 Å². The molecule has 0 radical (unpaired) electrons. The van der Waals surface area contributed by atoms with Gasteiger partial charge in [0.2, 0.25) is 0 Å². The topological polar surface area (TPSA) is 22.9 Å². The maximum atomic E-state index is 7.17. The summed E-state index contributed by atoms with van der Waals surface area (Å²) >= 11 is 2.05. The predicted octanol–water partition coefficient (Wildman–Crippen LogP) is 21.8. The van der Waals surface area contributed by atoms with Crippen LogP contribution in [-0.2, 0) is 32.5 Å². The van der Waals surface area contributed by atoms with Crippen LogP contribution >= 0.6 is 11.3 Å². The molecule has 4 heterocycles.